The fraction of sp³-hybridized carbons (Fsp3) is 0.350. The van der Waals surface area contributed by atoms with Gasteiger partial charge in [0.05, 0.1) is 0 Å². The molecule has 4 aliphatic rings. The summed E-state index contributed by atoms with van der Waals surface area (Å²) in [6, 6.07) is 13.4. The van der Waals surface area contributed by atoms with Crippen LogP contribution in [0.5, 0.6) is 0 Å². The Morgan fingerprint density at radius 2 is 1.52 bits per heavy atom. The van der Waals surface area contributed by atoms with Gasteiger partial charge in [0.15, 0.2) is 5.78 Å². The number of ketones is 1. The summed E-state index contributed by atoms with van der Waals surface area (Å²) in [6.45, 7) is 3.91. The van der Waals surface area contributed by atoms with E-state index in [1.807, 2.05) is 0 Å². The highest BCUT2D eigenvalue weighted by atomic mass is 16.1. The SMILES string of the molecule is CCc1cc2ccc1CCc1ccc(cc1C(C)=O)CC2. The average Bonchev–Trinajstić information content (AvgIpc) is 2.49. The van der Waals surface area contributed by atoms with Gasteiger partial charge in [0.2, 0.25) is 0 Å². The molecular weight excluding hydrogens is 256 g/mol. The van der Waals surface area contributed by atoms with E-state index in [0.717, 1.165) is 37.7 Å². The normalized spacial score (nSPS) is 13.8. The zero-order valence-electron chi connectivity index (χ0n) is 12.9. The molecule has 0 fully saturated rings. The highest BCUT2D eigenvalue weighted by Crippen LogP contribution is 2.22. The Hall–Kier alpha value is -1.89. The van der Waals surface area contributed by atoms with Gasteiger partial charge in [0.25, 0.3) is 0 Å². The molecule has 1 nitrogen and oxygen atoms in total. The molecule has 2 aromatic carbocycles. The van der Waals surface area contributed by atoms with Crippen molar-refractivity contribution in [3.05, 3.63) is 69.8 Å². The first kappa shape index (κ1) is 14.1. The van der Waals surface area contributed by atoms with E-state index in [1.165, 1.54) is 27.8 Å². The monoisotopic (exact) mass is 278 g/mol. The van der Waals surface area contributed by atoms with Crippen LogP contribution in [-0.2, 0) is 32.1 Å². The topological polar surface area (TPSA) is 17.1 Å². The Morgan fingerprint density at radius 3 is 2.19 bits per heavy atom. The molecule has 6 rings (SSSR count). The third-order valence-corrected chi connectivity index (χ3v) is 4.57. The average molecular weight is 278 g/mol. The molecule has 0 amide bonds. The van der Waals surface area contributed by atoms with Crippen molar-refractivity contribution in [2.24, 2.45) is 0 Å². The maximum Gasteiger partial charge on any atom is 0.160 e. The van der Waals surface area contributed by atoms with Crippen LogP contribution in [0.4, 0.5) is 0 Å². The van der Waals surface area contributed by atoms with Gasteiger partial charge in [-0.25, -0.2) is 0 Å². The van der Waals surface area contributed by atoms with E-state index in [1.54, 1.807) is 6.92 Å². The molecule has 0 unspecified atom stereocenters. The first-order valence-corrected chi connectivity index (χ1v) is 7.91. The van der Waals surface area contributed by atoms with E-state index < -0.39 is 0 Å². The molecule has 0 aliphatic heterocycles. The van der Waals surface area contributed by atoms with Gasteiger partial charge < -0.3 is 0 Å². The van der Waals surface area contributed by atoms with Crippen molar-refractivity contribution in [3.63, 3.8) is 0 Å². The zero-order chi connectivity index (χ0) is 14.8. The van der Waals surface area contributed by atoms with E-state index >= 15 is 0 Å². The van der Waals surface area contributed by atoms with Crippen molar-refractivity contribution in [1.82, 2.24) is 0 Å². The predicted octanol–water partition coefficient (Wildman–Crippen LogP) is 4.34. The molecule has 21 heavy (non-hydrogen) atoms. The molecule has 0 heterocycles. The number of carbonyl (C=O) groups excluding carboxylic acids is 1. The zero-order valence-corrected chi connectivity index (χ0v) is 12.9. The first-order valence-electron chi connectivity index (χ1n) is 7.91. The van der Waals surface area contributed by atoms with Crippen LogP contribution in [0.2, 0.25) is 0 Å². The molecule has 0 saturated carbocycles. The molecule has 0 spiro atoms. The van der Waals surface area contributed by atoms with Gasteiger partial charge in [-0.1, -0.05) is 37.3 Å². The molecule has 0 N–H and O–H groups in total. The van der Waals surface area contributed by atoms with E-state index in [2.05, 4.69) is 43.3 Å². The van der Waals surface area contributed by atoms with Crippen LogP contribution in [0.25, 0.3) is 0 Å². The minimum atomic E-state index is 0.188. The summed E-state index contributed by atoms with van der Waals surface area (Å²) in [7, 11) is 0. The smallest absolute Gasteiger partial charge is 0.160 e. The van der Waals surface area contributed by atoms with Gasteiger partial charge in [0.1, 0.15) is 0 Å². The summed E-state index contributed by atoms with van der Waals surface area (Å²) in [5.41, 5.74) is 7.68. The second-order valence-electron chi connectivity index (χ2n) is 6.00. The van der Waals surface area contributed by atoms with Gasteiger partial charge in [-0.3, -0.25) is 4.79 Å². The molecule has 4 aliphatic carbocycles. The predicted molar refractivity (Wildman–Crippen MR) is 87.1 cm³/mol. The third-order valence-electron chi connectivity index (χ3n) is 4.57. The molecule has 1 heteroatoms. The van der Waals surface area contributed by atoms with E-state index in [0.29, 0.717) is 0 Å². The lowest BCUT2D eigenvalue weighted by Gasteiger charge is -2.15. The maximum atomic E-state index is 11.9. The minimum absolute atomic E-state index is 0.188. The largest absolute Gasteiger partial charge is 0.295 e. The van der Waals surface area contributed by atoms with Crippen LogP contribution in [0, 0.1) is 0 Å². The van der Waals surface area contributed by atoms with Gasteiger partial charge in [-0.2, -0.15) is 0 Å². The highest BCUT2D eigenvalue weighted by molar-refractivity contribution is 5.95. The lowest BCUT2D eigenvalue weighted by atomic mass is 9.89. The molecule has 108 valence electrons. The number of Topliss-reactive ketones (excluding diaryl/α,β-unsaturated/α-hetero) is 1. The quantitative estimate of drug-likeness (QED) is 0.747. The highest BCUT2D eigenvalue weighted by Gasteiger charge is 2.12. The van der Waals surface area contributed by atoms with E-state index in [4.69, 9.17) is 0 Å². The van der Waals surface area contributed by atoms with Gasteiger partial charge >= 0.3 is 0 Å². The summed E-state index contributed by atoms with van der Waals surface area (Å²) in [4.78, 5) is 11.9. The Morgan fingerprint density at radius 1 is 0.905 bits per heavy atom. The molecule has 2 aromatic rings. The number of rotatable bonds is 2. The van der Waals surface area contributed by atoms with Crippen molar-refractivity contribution in [3.8, 4) is 0 Å². The Balaban J connectivity index is 2.05. The van der Waals surface area contributed by atoms with Crippen LogP contribution in [-0.4, -0.2) is 5.78 Å². The summed E-state index contributed by atoms with van der Waals surface area (Å²) >= 11 is 0. The number of hydrogen-bond donors (Lipinski definition) is 0. The van der Waals surface area contributed by atoms with Crippen LogP contribution in [0.3, 0.4) is 0 Å². The second kappa shape index (κ2) is 5.85. The Bertz CT molecular complexity index is 682. The second-order valence-corrected chi connectivity index (χ2v) is 6.00. The van der Waals surface area contributed by atoms with Crippen molar-refractivity contribution < 1.29 is 4.79 Å². The molecule has 0 atom stereocenters. The summed E-state index contributed by atoms with van der Waals surface area (Å²) in [5, 5.41) is 0. The molecule has 0 radical (unpaired) electrons. The maximum absolute atomic E-state index is 11.9. The fourth-order valence-corrected chi connectivity index (χ4v) is 3.29. The van der Waals surface area contributed by atoms with Crippen LogP contribution in [0.15, 0.2) is 36.4 Å². The first-order chi connectivity index (χ1) is 10.2. The lowest BCUT2D eigenvalue weighted by Crippen LogP contribution is -2.06. The van der Waals surface area contributed by atoms with Crippen molar-refractivity contribution in [2.75, 3.05) is 0 Å². The molecule has 0 aromatic heterocycles. The Labute approximate surface area is 127 Å². The van der Waals surface area contributed by atoms with E-state index in [-0.39, 0.29) is 5.78 Å². The Kier molecular flexibility index (Phi) is 3.92. The van der Waals surface area contributed by atoms with Gasteiger partial charge in [-0.15, -0.1) is 0 Å². The van der Waals surface area contributed by atoms with Crippen molar-refractivity contribution in [2.45, 2.75) is 46.0 Å². The van der Waals surface area contributed by atoms with E-state index in [9.17, 15) is 4.79 Å². The molecule has 4 bridgehead atoms. The number of carbonyl (C=O) groups is 1. The molecular formula is C20H22O. The number of aryl methyl sites for hydroxylation is 5. The van der Waals surface area contributed by atoms with Gasteiger partial charge in [-0.05, 0) is 72.9 Å². The third kappa shape index (κ3) is 2.92. The minimum Gasteiger partial charge on any atom is -0.295 e. The van der Waals surface area contributed by atoms with Crippen LogP contribution >= 0.6 is 0 Å². The fourth-order valence-electron chi connectivity index (χ4n) is 3.29. The van der Waals surface area contributed by atoms with Crippen LogP contribution < -0.4 is 0 Å². The standard InChI is InChI=1S/C20H22O/c1-3-17-12-15-4-5-16-7-9-19(20(13-16)14(2)21)11-10-18(17)8-6-15/h6-9,12-13H,3-5,10-11H2,1-2H3. The summed E-state index contributed by atoms with van der Waals surface area (Å²) in [6.07, 6.45) is 5.10. The van der Waals surface area contributed by atoms with Crippen molar-refractivity contribution >= 4 is 5.78 Å². The van der Waals surface area contributed by atoms with Gasteiger partial charge in [0, 0.05) is 5.56 Å². The number of hydrogen-bond acceptors (Lipinski definition) is 1. The van der Waals surface area contributed by atoms with Crippen molar-refractivity contribution in [1.29, 1.82) is 0 Å². The van der Waals surface area contributed by atoms with Crippen LogP contribution in [0.1, 0.15) is 52.0 Å². The lowest BCUT2D eigenvalue weighted by molar-refractivity contribution is 0.101. The molecule has 0 saturated heterocycles. The number of benzene rings is 2. The summed E-state index contributed by atoms with van der Waals surface area (Å²) in [5.74, 6) is 0.188. The summed E-state index contributed by atoms with van der Waals surface area (Å²) < 4.78 is 0.